The molecule has 22 heavy (non-hydrogen) atoms. The van der Waals surface area contributed by atoms with Crippen LogP contribution in [-0.4, -0.2) is 26.3 Å². The molecular formula is C16H20BrN5. The van der Waals surface area contributed by atoms with Crippen molar-refractivity contribution in [1.82, 2.24) is 19.7 Å². The fourth-order valence-electron chi connectivity index (χ4n) is 3.07. The first kappa shape index (κ1) is 14.2. The zero-order chi connectivity index (χ0) is 15.3. The van der Waals surface area contributed by atoms with Crippen LogP contribution in [0.2, 0.25) is 0 Å². The van der Waals surface area contributed by atoms with E-state index in [0.29, 0.717) is 0 Å². The standard InChI is InChI=1S/C16H20BrN5/c1-3-4-7-21-10-13-19-20-15(16(2)5-6-16)22(13)14-12(21)8-11(17)9-18-14/h8-9H,3-7,10H2,1-2H3. The normalized spacial score (nSPS) is 18.0. The second-order valence-electron chi connectivity index (χ2n) is 6.61. The summed E-state index contributed by atoms with van der Waals surface area (Å²) in [4.78, 5) is 7.06. The summed E-state index contributed by atoms with van der Waals surface area (Å²) in [7, 11) is 0. The Kier molecular flexibility index (Phi) is 3.25. The second kappa shape index (κ2) is 5.05. The van der Waals surface area contributed by atoms with Crippen LogP contribution in [0.3, 0.4) is 0 Å². The number of hydrogen-bond donors (Lipinski definition) is 0. The van der Waals surface area contributed by atoms with Gasteiger partial charge in [-0.2, -0.15) is 0 Å². The lowest BCUT2D eigenvalue weighted by molar-refractivity contribution is 0.634. The van der Waals surface area contributed by atoms with Gasteiger partial charge in [-0.3, -0.25) is 4.57 Å². The van der Waals surface area contributed by atoms with E-state index in [-0.39, 0.29) is 5.41 Å². The Balaban J connectivity index is 1.83. The molecule has 1 aliphatic heterocycles. The number of unbranched alkanes of at least 4 members (excludes halogenated alkanes) is 1. The fourth-order valence-corrected chi connectivity index (χ4v) is 3.39. The van der Waals surface area contributed by atoms with Crippen molar-refractivity contribution in [3.63, 3.8) is 0 Å². The third-order valence-electron chi connectivity index (χ3n) is 4.75. The number of anilines is 1. The van der Waals surface area contributed by atoms with Gasteiger partial charge in [0.15, 0.2) is 11.6 Å². The molecule has 6 heteroatoms. The lowest BCUT2D eigenvalue weighted by atomic mass is 10.1. The molecule has 2 aromatic rings. The quantitative estimate of drug-likeness (QED) is 0.834. The Bertz CT molecular complexity index is 719. The number of aromatic nitrogens is 4. The summed E-state index contributed by atoms with van der Waals surface area (Å²) >= 11 is 3.56. The summed E-state index contributed by atoms with van der Waals surface area (Å²) in [5, 5.41) is 8.96. The largest absolute Gasteiger partial charge is 0.361 e. The van der Waals surface area contributed by atoms with Crippen molar-refractivity contribution >= 4 is 21.6 Å². The Morgan fingerprint density at radius 3 is 2.86 bits per heavy atom. The number of nitrogens with zero attached hydrogens (tertiary/aromatic N) is 5. The van der Waals surface area contributed by atoms with Gasteiger partial charge < -0.3 is 4.90 Å². The molecule has 0 bridgehead atoms. The Morgan fingerprint density at radius 1 is 1.32 bits per heavy atom. The first-order valence-corrected chi connectivity index (χ1v) is 8.77. The molecule has 1 aliphatic carbocycles. The summed E-state index contributed by atoms with van der Waals surface area (Å²) in [5.74, 6) is 3.07. The number of halogens is 1. The van der Waals surface area contributed by atoms with E-state index in [4.69, 9.17) is 0 Å². The van der Waals surface area contributed by atoms with Crippen molar-refractivity contribution in [2.24, 2.45) is 0 Å². The zero-order valence-electron chi connectivity index (χ0n) is 13.0. The molecule has 2 aliphatic rings. The van der Waals surface area contributed by atoms with Gasteiger partial charge in [0.05, 0.1) is 12.2 Å². The average molecular weight is 362 g/mol. The van der Waals surface area contributed by atoms with Crippen LogP contribution in [0, 0.1) is 0 Å². The highest BCUT2D eigenvalue weighted by Gasteiger charge is 2.45. The van der Waals surface area contributed by atoms with Crippen molar-refractivity contribution in [3.8, 4) is 5.82 Å². The second-order valence-corrected chi connectivity index (χ2v) is 7.52. The molecule has 2 aromatic heterocycles. The van der Waals surface area contributed by atoms with E-state index >= 15 is 0 Å². The highest BCUT2D eigenvalue weighted by atomic mass is 79.9. The third-order valence-corrected chi connectivity index (χ3v) is 5.18. The molecule has 1 fully saturated rings. The van der Waals surface area contributed by atoms with Gasteiger partial charge in [-0.15, -0.1) is 10.2 Å². The number of fused-ring (bicyclic) bond motifs is 3. The van der Waals surface area contributed by atoms with Crippen LogP contribution in [0.5, 0.6) is 0 Å². The Hall–Kier alpha value is -1.43. The predicted octanol–water partition coefficient (Wildman–Crippen LogP) is 3.60. The van der Waals surface area contributed by atoms with E-state index in [0.717, 1.165) is 35.0 Å². The molecule has 0 unspecified atom stereocenters. The molecule has 0 aromatic carbocycles. The van der Waals surface area contributed by atoms with Crippen molar-refractivity contribution in [2.75, 3.05) is 11.4 Å². The van der Waals surface area contributed by atoms with Crippen LogP contribution in [-0.2, 0) is 12.0 Å². The minimum absolute atomic E-state index is 0.183. The fraction of sp³-hybridized carbons (Fsp3) is 0.562. The molecule has 0 saturated heterocycles. The Labute approximate surface area is 138 Å². The minimum Gasteiger partial charge on any atom is -0.361 e. The van der Waals surface area contributed by atoms with Crippen LogP contribution in [0.15, 0.2) is 16.7 Å². The van der Waals surface area contributed by atoms with Gasteiger partial charge >= 0.3 is 0 Å². The maximum Gasteiger partial charge on any atom is 0.163 e. The molecule has 0 spiro atoms. The summed E-state index contributed by atoms with van der Waals surface area (Å²) < 4.78 is 3.21. The predicted molar refractivity (Wildman–Crippen MR) is 89.4 cm³/mol. The molecule has 4 rings (SSSR count). The summed E-state index contributed by atoms with van der Waals surface area (Å²) in [5.41, 5.74) is 1.36. The van der Waals surface area contributed by atoms with Crippen molar-refractivity contribution in [1.29, 1.82) is 0 Å². The molecule has 0 amide bonds. The van der Waals surface area contributed by atoms with Gasteiger partial charge in [-0.1, -0.05) is 20.3 Å². The topological polar surface area (TPSA) is 46.8 Å². The van der Waals surface area contributed by atoms with Crippen LogP contribution in [0.1, 0.15) is 51.2 Å². The Morgan fingerprint density at radius 2 is 2.14 bits per heavy atom. The molecule has 1 saturated carbocycles. The molecule has 0 N–H and O–H groups in total. The van der Waals surface area contributed by atoms with Crippen LogP contribution >= 0.6 is 15.9 Å². The molecule has 116 valence electrons. The first-order valence-electron chi connectivity index (χ1n) is 7.98. The molecule has 5 nitrogen and oxygen atoms in total. The molecule has 0 radical (unpaired) electrons. The van der Waals surface area contributed by atoms with E-state index in [1.165, 1.54) is 31.4 Å². The first-order chi connectivity index (χ1) is 10.6. The van der Waals surface area contributed by atoms with Crippen molar-refractivity contribution < 1.29 is 0 Å². The average Bonchev–Trinajstić information content (AvgIpc) is 3.10. The lowest BCUT2D eigenvalue weighted by Gasteiger charge is -2.31. The molecule has 3 heterocycles. The van der Waals surface area contributed by atoms with E-state index in [1.54, 1.807) is 0 Å². The minimum atomic E-state index is 0.183. The summed E-state index contributed by atoms with van der Waals surface area (Å²) in [6.45, 7) is 6.33. The van der Waals surface area contributed by atoms with Gasteiger partial charge in [-0.05, 0) is 41.3 Å². The van der Waals surface area contributed by atoms with E-state index in [9.17, 15) is 0 Å². The zero-order valence-corrected chi connectivity index (χ0v) is 14.6. The number of hydrogen-bond acceptors (Lipinski definition) is 4. The van der Waals surface area contributed by atoms with Gasteiger partial charge in [-0.25, -0.2) is 4.98 Å². The SMILES string of the molecule is CCCCN1Cc2nnc(C3(C)CC3)n2-c2ncc(Br)cc21. The third kappa shape index (κ3) is 2.16. The highest BCUT2D eigenvalue weighted by molar-refractivity contribution is 9.10. The van der Waals surface area contributed by atoms with E-state index in [2.05, 4.69) is 60.5 Å². The van der Waals surface area contributed by atoms with Crippen molar-refractivity contribution in [3.05, 3.63) is 28.4 Å². The summed E-state index contributed by atoms with van der Waals surface area (Å²) in [6, 6.07) is 2.17. The van der Waals surface area contributed by atoms with Crippen LogP contribution in [0.4, 0.5) is 5.69 Å². The highest BCUT2D eigenvalue weighted by Crippen LogP contribution is 2.48. The molecule has 0 atom stereocenters. The summed E-state index contributed by atoms with van der Waals surface area (Å²) in [6.07, 6.45) is 6.60. The number of pyridine rings is 1. The smallest absolute Gasteiger partial charge is 0.163 e. The maximum atomic E-state index is 4.69. The van der Waals surface area contributed by atoms with Gasteiger partial charge in [0.1, 0.15) is 5.82 Å². The van der Waals surface area contributed by atoms with Crippen LogP contribution in [0.25, 0.3) is 5.82 Å². The van der Waals surface area contributed by atoms with Crippen LogP contribution < -0.4 is 4.90 Å². The number of rotatable bonds is 4. The molecular weight excluding hydrogens is 342 g/mol. The van der Waals surface area contributed by atoms with E-state index in [1.807, 2.05) is 6.20 Å². The van der Waals surface area contributed by atoms with E-state index < -0.39 is 0 Å². The lowest BCUT2D eigenvalue weighted by Crippen LogP contribution is -2.32. The van der Waals surface area contributed by atoms with Gasteiger partial charge in [0, 0.05) is 22.6 Å². The monoisotopic (exact) mass is 361 g/mol. The van der Waals surface area contributed by atoms with Gasteiger partial charge in [0.25, 0.3) is 0 Å². The van der Waals surface area contributed by atoms with Crippen molar-refractivity contribution in [2.45, 2.75) is 51.5 Å². The maximum absolute atomic E-state index is 4.69. The van der Waals surface area contributed by atoms with Gasteiger partial charge in [0.2, 0.25) is 0 Å².